The number of fused-ring (bicyclic) bond motifs is 1. The van der Waals surface area contributed by atoms with Crippen LogP contribution in [0.1, 0.15) is 35.9 Å². The van der Waals surface area contributed by atoms with Crippen LogP contribution in [0.15, 0.2) is 33.2 Å². The summed E-state index contributed by atoms with van der Waals surface area (Å²) >= 11 is 7.16. The summed E-state index contributed by atoms with van der Waals surface area (Å²) in [6.07, 6.45) is 2.63. The number of hydrogen-bond donors (Lipinski definition) is 1. The van der Waals surface area contributed by atoms with Gasteiger partial charge >= 0.3 is 0 Å². The smallest absolute Gasteiger partial charge is 0.0807 e. The van der Waals surface area contributed by atoms with E-state index in [1.54, 1.807) is 0 Å². The van der Waals surface area contributed by atoms with E-state index < -0.39 is 0 Å². The minimum atomic E-state index is -0.311. The highest BCUT2D eigenvalue weighted by Gasteiger charge is 2.24. The average Bonchev–Trinajstić information content (AvgIpc) is 2.70. The fourth-order valence-corrected chi connectivity index (χ4v) is 3.64. The number of halogens is 2. The molecule has 2 nitrogen and oxygen atoms in total. The van der Waals surface area contributed by atoms with Crippen LogP contribution in [0.25, 0.3) is 5.69 Å². The van der Waals surface area contributed by atoms with Gasteiger partial charge in [-0.1, -0.05) is 15.9 Å². The van der Waals surface area contributed by atoms with Crippen molar-refractivity contribution in [3.63, 3.8) is 0 Å². The molecule has 1 aliphatic carbocycles. The molecule has 4 heteroatoms. The van der Waals surface area contributed by atoms with E-state index in [2.05, 4.69) is 55.5 Å². The number of aliphatic hydroxyl groups is 1. The second kappa shape index (κ2) is 5.08. The van der Waals surface area contributed by atoms with Crippen LogP contribution in [-0.4, -0.2) is 9.67 Å². The van der Waals surface area contributed by atoms with Crippen molar-refractivity contribution in [1.82, 2.24) is 4.57 Å². The molecule has 0 aliphatic heterocycles. The highest BCUT2D eigenvalue weighted by Crippen LogP contribution is 2.36. The second-order valence-corrected chi connectivity index (χ2v) is 6.80. The van der Waals surface area contributed by atoms with Gasteiger partial charge < -0.3 is 9.67 Å². The van der Waals surface area contributed by atoms with Gasteiger partial charge in [0.15, 0.2) is 0 Å². The van der Waals surface area contributed by atoms with E-state index in [0.717, 1.165) is 39.5 Å². The predicted octanol–water partition coefficient (Wildman–Crippen LogP) is 4.68. The lowest BCUT2D eigenvalue weighted by Gasteiger charge is -2.21. The maximum Gasteiger partial charge on any atom is 0.0807 e. The summed E-state index contributed by atoms with van der Waals surface area (Å²) in [5.74, 6) is 0. The third-order valence-electron chi connectivity index (χ3n) is 3.72. The molecule has 1 aliphatic rings. The number of benzene rings is 1. The molecular weight excluding hydrogens is 370 g/mol. The second-order valence-electron chi connectivity index (χ2n) is 5.03. The van der Waals surface area contributed by atoms with Crippen molar-refractivity contribution >= 4 is 31.9 Å². The van der Waals surface area contributed by atoms with Crippen LogP contribution < -0.4 is 0 Å². The number of aromatic nitrogens is 1. The van der Waals surface area contributed by atoms with Crippen LogP contribution >= 0.6 is 31.9 Å². The fourth-order valence-electron chi connectivity index (χ4n) is 2.87. The molecule has 19 heavy (non-hydrogen) atoms. The Kier molecular flexibility index (Phi) is 3.58. The Labute approximate surface area is 129 Å². The summed E-state index contributed by atoms with van der Waals surface area (Å²) in [5, 5.41) is 10.1. The summed E-state index contributed by atoms with van der Waals surface area (Å²) in [6.45, 7) is 2.10. The Balaban J connectivity index is 2.23. The maximum atomic E-state index is 10.1. The van der Waals surface area contributed by atoms with Crippen molar-refractivity contribution in [3.8, 4) is 5.69 Å². The van der Waals surface area contributed by atoms with E-state index in [-0.39, 0.29) is 6.10 Å². The molecule has 0 saturated carbocycles. The topological polar surface area (TPSA) is 25.2 Å². The van der Waals surface area contributed by atoms with Gasteiger partial charge in [-0.05, 0) is 66.4 Å². The highest BCUT2D eigenvalue weighted by atomic mass is 79.9. The molecule has 2 aromatic rings. The van der Waals surface area contributed by atoms with Crippen LogP contribution in [0.5, 0.6) is 0 Å². The van der Waals surface area contributed by atoms with E-state index in [1.807, 2.05) is 12.1 Å². The van der Waals surface area contributed by atoms with Crippen molar-refractivity contribution < 1.29 is 5.11 Å². The van der Waals surface area contributed by atoms with Crippen molar-refractivity contribution in [2.75, 3.05) is 0 Å². The van der Waals surface area contributed by atoms with E-state index in [0.29, 0.717) is 0 Å². The monoisotopic (exact) mass is 383 g/mol. The van der Waals surface area contributed by atoms with Gasteiger partial charge in [0.25, 0.3) is 0 Å². The normalized spacial score (nSPS) is 18.4. The zero-order valence-corrected chi connectivity index (χ0v) is 13.8. The first-order valence-corrected chi connectivity index (χ1v) is 8.01. The van der Waals surface area contributed by atoms with E-state index in [4.69, 9.17) is 0 Å². The molecule has 0 bridgehead atoms. The van der Waals surface area contributed by atoms with E-state index in [1.165, 1.54) is 11.4 Å². The first kappa shape index (κ1) is 13.4. The minimum Gasteiger partial charge on any atom is -0.388 e. The van der Waals surface area contributed by atoms with E-state index in [9.17, 15) is 5.11 Å². The van der Waals surface area contributed by atoms with Crippen molar-refractivity contribution in [3.05, 3.63) is 50.2 Å². The fraction of sp³-hybridized carbons (Fsp3) is 0.333. The molecule has 0 spiro atoms. The number of aliphatic hydroxyl groups excluding tert-OH is 1. The Bertz CT molecular complexity index is 633. The first-order valence-electron chi connectivity index (χ1n) is 6.42. The van der Waals surface area contributed by atoms with Crippen LogP contribution in [0.3, 0.4) is 0 Å². The summed E-state index contributed by atoms with van der Waals surface area (Å²) in [6, 6.07) is 8.29. The molecule has 1 atom stereocenters. The van der Waals surface area contributed by atoms with Crippen LogP contribution in [0.2, 0.25) is 0 Å². The number of nitrogens with zero attached hydrogens (tertiary/aromatic N) is 1. The molecule has 1 unspecified atom stereocenters. The standard InChI is InChI=1S/C15H15Br2NO/c1-9-7-11-13(3-2-4-15(11)19)18(9)14-8-10(16)5-6-12(14)17/h5-8,15,19H,2-4H2,1H3. The predicted molar refractivity (Wildman–Crippen MR) is 83.8 cm³/mol. The Hall–Kier alpha value is -0.580. The van der Waals surface area contributed by atoms with Crippen molar-refractivity contribution in [1.29, 1.82) is 0 Å². The minimum absolute atomic E-state index is 0.311. The SMILES string of the molecule is Cc1cc2c(n1-c1cc(Br)ccc1Br)CCCC2O. The van der Waals surface area contributed by atoms with Gasteiger partial charge in [0, 0.05) is 25.9 Å². The molecule has 0 amide bonds. The molecule has 0 saturated heterocycles. The number of rotatable bonds is 1. The van der Waals surface area contributed by atoms with Gasteiger partial charge in [-0.2, -0.15) is 0 Å². The Morgan fingerprint density at radius 3 is 2.84 bits per heavy atom. The lowest BCUT2D eigenvalue weighted by molar-refractivity contribution is 0.156. The molecule has 100 valence electrons. The molecule has 0 fully saturated rings. The molecule has 1 aromatic heterocycles. The van der Waals surface area contributed by atoms with Crippen LogP contribution in [-0.2, 0) is 6.42 Å². The summed E-state index contributed by atoms with van der Waals surface area (Å²) < 4.78 is 4.38. The lowest BCUT2D eigenvalue weighted by atomic mass is 9.95. The van der Waals surface area contributed by atoms with Gasteiger partial charge in [0.1, 0.15) is 0 Å². The Morgan fingerprint density at radius 2 is 2.05 bits per heavy atom. The summed E-state index contributed by atoms with van der Waals surface area (Å²) in [4.78, 5) is 0. The third kappa shape index (κ3) is 2.30. The molecule has 1 aromatic carbocycles. The molecule has 0 radical (unpaired) electrons. The first-order chi connectivity index (χ1) is 9.08. The highest BCUT2D eigenvalue weighted by molar-refractivity contribution is 9.11. The summed E-state index contributed by atoms with van der Waals surface area (Å²) in [5.41, 5.74) is 4.64. The molecule has 1 heterocycles. The largest absolute Gasteiger partial charge is 0.388 e. The van der Waals surface area contributed by atoms with Crippen LogP contribution in [0.4, 0.5) is 0 Å². The third-order valence-corrected chi connectivity index (χ3v) is 4.88. The van der Waals surface area contributed by atoms with Gasteiger partial charge in [0.05, 0.1) is 11.8 Å². The van der Waals surface area contributed by atoms with Gasteiger partial charge in [-0.15, -0.1) is 0 Å². The van der Waals surface area contributed by atoms with Gasteiger partial charge in [-0.3, -0.25) is 0 Å². The maximum absolute atomic E-state index is 10.1. The van der Waals surface area contributed by atoms with E-state index >= 15 is 0 Å². The summed E-state index contributed by atoms with van der Waals surface area (Å²) in [7, 11) is 0. The number of aryl methyl sites for hydroxylation is 1. The molecular formula is C15H15Br2NO. The zero-order chi connectivity index (χ0) is 13.6. The molecule has 3 rings (SSSR count). The quantitative estimate of drug-likeness (QED) is 0.758. The zero-order valence-electron chi connectivity index (χ0n) is 10.7. The van der Waals surface area contributed by atoms with Crippen LogP contribution in [0, 0.1) is 6.92 Å². The number of hydrogen-bond acceptors (Lipinski definition) is 1. The van der Waals surface area contributed by atoms with Crippen molar-refractivity contribution in [2.45, 2.75) is 32.3 Å². The molecule has 1 N–H and O–H groups in total. The van der Waals surface area contributed by atoms with Crippen molar-refractivity contribution in [2.24, 2.45) is 0 Å². The average molecular weight is 385 g/mol. The van der Waals surface area contributed by atoms with Gasteiger partial charge in [0.2, 0.25) is 0 Å². The Morgan fingerprint density at radius 1 is 1.26 bits per heavy atom. The van der Waals surface area contributed by atoms with Gasteiger partial charge in [-0.25, -0.2) is 0 Å². The lowest BCUT2D eigenvalue weighted by Crippen LogP contribution is -2.11.